The summed E-state index contributed by atoms with van der Waals surface area (Å²) in [5.74, 6) is -0.731. The summed E-state index contributed by atoms with van der Waals surface area (Å²) in [5.41, 5.74) is 1.82. The Morgan fingerprint density at radius 1 is 0.880 bits per heavy atom. The highest BCUT2D eigenvalue weighted by atomic mass is 16.5. The van der Waals surface area contributed by atoms with Crippen LogP contribution in [-0.4, -0.2) is 23.3 Å². The minimum absolute atomic E-state index is 0.223. The smallest absolute Gasteiger partial charge is 0.340 e. The fourth-order valence-electron chi connectivity index (χ4n) is 2.90. The minimum atomic E-state index is -0.508. The van der Waals surface area contributed by atoms with Crippen LogP contribution >= 0.6 is 0 Å². The molecule has 122 valence electrons. The molecule has 0 aliphatic rings. The van der Waals surface area contributed by atoms with Gasteiger partial charge in [0, 0.05) is 22.7 Å². The first-order valence-corrected chi connectivity index (χ1v) is 7.97. The number of ketones is 1. The van der Waals surface area contributed by atoms with Crippen molar-refractivity contribution >= 4 is 33.4 Å². The van der Waals surface area contributed by atoms with Crippen LogP contribution in [0.5, 0.6) is 0 Å². The third-order valence-corrected chi connectivity index (χ3v) is 4.21. The first-order valence-electron chi connectivity index (χ1n) is 7.97. The molecule has 4 heteroatoms. The lowest BCUT2D eigenvalue weighted by Gasteiger charge is -2.05. The molecule has 0 amide bonds. The number of aromatic amines is 1. The number of benzene rings is 3. The Kier molecular flexibility index (Phi) is 3.78. The second-order valence-corrected chi connectivity index (χ2v) is 5.81. The monoisotopic (exact) mass is 329 g/mol. The normalized spacial score (nSPS) is 10.9. The molecule has 0 aliphatic carbocycles. The van der Waals surface area contributed by atoms with Crippen LogP contribution in [-0.2, 0) is 4.74 Å². The second kappa shape index (κ2) is 6.24. The number of para-hydroxylation sites is 1. The van der Waals surface area contributed by atoms with Crippen LogP contribution in [0, 0.1) is 0 Å². The number of hydrogen-bond donors (Lipinski definition) is 1. The van der Waals surface area contributed by atoms with Gasteiger partial charge in [-0.25, -0.2) is 4.79 Å². The Morgan fingerprint density at radius 2 is 1.64 bits per heavy atom. The maximum absolute atomic E-state index is 12.3. The van der Waals surface area contributed by atoms with Gasteiger partial charge in [0.1, 0.15) is 0 Å². The van der Waals surface area contributed by atoms with Crippen LogP contribution in [0.2, 0.25) is 0 Å². The van der Waals surface area contributed by atoms with Gasteiger partial charge < -0.3 is 9.72 Å². The van der Waals surface area contributed by atoms with Gasteiger partial charge in [-0.05, 0) is 22.9 Å². The van der Waals surface area contributed by atoms with Crippen molar-refractivity contribution in [1.82, 2.24) is 4.98 Å². The number of fused-ring (bicyclic) bond motifs is 2. The molecule has 0 unspecified atom stereocenters. The lowest BCUT2D eigenvalue weighted by atomic mass is 10.0. The van der Waals surface area contributed by atoms with E-state index in [0.29, 0.717) is 11.1 Å². The number of carbonyl (C=O) groups excluding carboxylic acids is 2. The maximum atomic E-state index is 12.3. The van der Waals surface area contributed by atoms with E-state index in [1.165, 1.54) is 0 Å². The Bertz CT molecular complexity index is 1090. The zero-order chi connectivity index (χ0) is 17.2. The van der Waals surface area contributed by atoms with Gasteiger partial charge in [-0.3, -0.25) is 4.79 Å². The summed E-state index contributed by atoms with van der Waals surface area (Å²) < 4.78 is 5.21. The molecule has 0 saturated carbocycles. The topological polar surface area (TPSA) is 59.2 Å². The summed E-state index contributed by atoms with van der Waals surface area (Å²) in [7, 11) is 0. The number of aromatic nitrogens is 1. The van der Waals surface area contributed by atoms with Crippen molar-refractivity contribution in [3.05, 3.63) is 84.1 Å². The summed E-state index contributed by atoms with van der Waals surface area (Å²) in [4.78, 5) is 27.6. The number of H-pyrrole nitrogens is 1. The van der Waals surface area contributed by atoms with E-state index in [1.54, 1.807) is 12.3 Å². The molecule has 0 aliphatic heterocycles. The van der Waals surface area contributed by atoms with E-state index in [4.69, 9.17) is 4.74 Å². The van der Waals surface area contributed by atoms with Gasteiger partial charge in [0.2, 0.25) is 0 Å². The minimum Gasteiger partial charge on any atom is -0.454 e. The van der Waals surface area contributed by atoms with E-state index in [2.05, 4.69) is 4.98 Å². The lowest BCUT2D eigenvalue weighted by Crippen LogP contribution is -2.14. The van der Waals surface area contributed by atoms with Gasteiger partial charge in [-0.2, -0.15) is 0 Å². The predicted octanol–water partition coefficient (Wildman–Crippen LogP) is 4.36. The van der Waals surface area contributed by atoms with Crippen molar-refractivity contribution in [2.75, 3.05) is 6.61 Å². The van der Waals surface area contributed by atoms with Gasteiger partial charge >= 0.3 is 5.97 Å². The van der Waals surface area contributed by atoms with E-state index in [1.807, 2.05) is 60.7 Å². The maximum Gasteiger partial charge on any atom is 0.340 e. The van der Waals surface area contributed by atoms with Crippen LogP contribution in [0.4, 0.5) is 0 Å². The number of ether oxygens (including phenoxy) is 1. The number of nitrogens with one attached hydrogen (secondary N) is 1. The standard InChI is InChI=1S/C21H15NO3/c23-20(16-10-9-14-5-1-2-6-15(14)11-16)13-25-21(24)18-12-22-19-8-4-3-7-17(18)19/h1-12,22H,13H2. The molecule has 3 aromatic carbocycles. The number of esters is 1. The number of hydrogen-bond acceptors (Lipinski definition) is 3. The lowest BCUT2D eigenvalue weighted by molar-refractivity contribution is 0.0477. The molecular weight excluding hydrogens is 314 g/mol. The molecule has 4 aromatic rings. The van der Waals surface area contributed by atoms with Crippen molar-refractivity contribution < 1.29 is 14.3 Å². The third kappa shape index (κ3) is 2.90. The molecule has 0 saturated heterocycles. The van der Waals surface area contributed by atoms with Crippen LogP contribution < -0.4 is 0 Å². The van der Waals surface area contributed by atoms with Crippen LogP contribution in [0.15, 0.2) is 72.9 Å². The molecule has 0 atom stereocenters. The number of rotatable bonds is 4. The molecule has 1 aromatic heterocycles. The van der Waals surface area contributed by atoms with E-state index in [9.17, 15) is 9.59 Å². The second-order valence-electron chi connectivity index (χ2n) is 5.81. The average Bonchev–Trinajstić information content (AvgIpc) is 3.09. The van der Waals surface area contributed by atoms with E-state index in [0.717, 1.165) is 21.7 Å². The number of Topliss-reactive ketones (excluding diaryl/α,β-unsaturated/α-hetero) is 1. The van der Waals surface area contributed by atoms with Gasteiger partial charge in [-0.1, -0.05) is 54.6 Å². The van der Waals surface area contributed by atoms with Gasteiger partial charge in [0.05, 0.1) is 5.56 Å². The quantitative estimate of drug-likeness (QED) is 0.447. The molecule has 0 radical (unpaired) electrons. The van der Waals surface area contributed by atoms with Gasteiger partial charge in [0.25, 0.3) is 0 Å². The Morgan fingerprint density at radius 3 is 2.52 bits per heavy atom. The zero-order valence-corrected chi connectivity index (χ0v) is 13.4. The Balaban J connectivity index is 1.50. The zero-order valence-electron chi connectivity index (χ0n) is 13.4. The molecule has 1 heterocycles. The van der Waals surface area contributed by atoms with Crippen molar-refractivity contribution in [1.29, 1.82) is 0 Å². The van der Waals surface area contributed by atoms with Crippen molar-refractivity contribution in [2.45, 2.75) is 0 Å². The predicted molar refractivity (Wildman–Crippen MR) is 96.9 cm³/mol. The average molecular weight is 329 g/mol. The summed E-state index contributed by atoms with van der Waals surface area (Å²) in [6, 6.07) is 20.7. The molecule has 1 N–H and O–H groups in total. The Labute approximate surface area is 144 Å². The van der Waals surface area contributed by atoms with E-state index < -0.39 is 5.97 Å². The SMILES string of the molecule is O=C(COC(=O)c1c[nH]c2ccccc12)c1ccc2ccccc2c1. The molecule has 4 rings (SSSR count). The first kappa shape index (κ1) is 15.1. The molecule has 0 bridgehead atoms. The van der Waals surface area contributed by atoms with Gasteiger partial charge in [0.15, 0.2) is 12.4 Å². The highest BCUT2D eigenvalue weighted by Crippen LogP contribution is 2.19. The largest absolute Gasteiger partial charge is 0.454 e. The molecule has 0 spiro atoms. The summed E-state index contributed by atoms with van der Waals surface area (Å²) in [6.07, 6.45) is 1.60. The Hall–Kier alpha value is -3.40. The molecule has 0 fully saturated rings. The van der Waals surface area contributed by atoms with Crippen molar-refractivity contribution in [3.63, 3.8) is 0 Å². The molecule has 4 nitrogen and oxygen atoms in total. The highest BCUT2D eigenvalue weighted by molar-refractivity contribution is 6.06. The van der Waals surface area contributed by atoms with Crippen LogP contribution in [0.3, 0.4) is 0 Å². The van der Waals surface area contributed by atoms with Crippen LogP contribution in [0.1, 0.15) is 20.7 Å². The fraction of sp³-hybridized carbons (Fsp3) is 0.0476. The van der Waals surface area contributed by atoms with E-state index >= 15 is 0 Å². The van der Waals surface area contributed by atoms with Crippen LogP contribution in [0.25, 0.3) is 21.7 Å². The summed E-state index contributed by atoms with van der Waals surface area (Å²) in [5, 5.41) is 2.83. The fourth-order valence-corrected chi connectivity index (χ4v) is 2.90. The van der Waals surface area contributed by atoms with Crippen molar-refractivity contribution in [3.8, 4) is 0 Å². The molecular formula is C21H15NO3. The summed E-state index contributed by atoms with van der Waals surface area (Å²) in [6.45, 7) is -0.281. The van der Waals surface area contributed by atoms with Crippen molar-refractivity contribution in [2.24, 2.45) is 0 Å². The third-order valence-electron chi connectivity index (χ3n) is 4.21. The highest BCUT2D eigenvalue weighted by Gasteiger charge is 2.15. The van der Waals surface area contributed by atoms with Gasteiger partial charge in [-0.15, -0.1) is 0 Å². The molecule has 25 heavy (non-hydrogen) atoms. The summed E-state index contributed by atoms with van der Waals surface area (Å²) >= 11 is 0. The number of carbonyl (C=O) groups is 2. The first-order chi connectivity index (χ1) is 12.2. The van der Waals surface area contributed by atoms with E-state index in [-0.39, 0.29) is 12.4 Å².